The molecule has 0 aliphatic heterocycles. The van der Waals surface area contributed by atoms with Crippen molar-refractivity contribution in [2.24, 2.45) is 0 Å². The van der Waals surface area contributed by atoms with Gasteiger partial charge in [0.15, 0.2) is 0 Å². The molecule has 2 amide bonds. The van der Waals surface area contributed by atoms with Crippen molar-refractivity contribution in [2.45, 2.75) is 38.5 Å². The first-order valence-corrected chi connectivity index (χ1v) is 10.6. The van der Waals surface area contributed by atoms with Gasteiger partial charge in [-0.2, -0.15) is 0 Å². The first-order chi connectivity index (χ1) is 16.2. The molecule has 0 unspecified atom stereocenters. The Morgan fingerprint density at radius 3 is 1.38 bits per heavy atom. The summed E-state index contributed by atoms with van der Waals surface area (Å²) in [5, 5.41) is 22.8. The zero-order chi connectivity index (χ0) is 25.1. The summed E-state index contributed by atoms with van der Waals surface area (Å²) in [4.78, 5) is 45.4. The Morgan fingerprint density at radius 1 is 0.676 bits per heavy atom. The quantitative estimate of drug-likeness (QED) is 0.344. The van der Waals surface area contributed by atoms with Crippen molar-refractivity contribution < 1.29 is 38.9 Å². The first-order valence-electron chi connectivity index (χ1n) is 10.6. The number of hydrogen-bond donors (Lipinski definition) is 4. The third kappa shape index (κ3) is 8.12. The number of rotatable bonds is 13. The van der Waals surface area contributed by atoms with E-state index in [0.29, 0.717) is 22.9 Å². The molecule has 0 atom stereocenters. The summed E-state index contributed by atoms with van der Waals surface area (Å²) in [6.45, 7) is 0. The zero-order valence-electron chi connectivity index (χ0n) is 19.1. The van der Waals surface area contributed by atoms with E-state index in [-0.39, 0.29) is 50.3 Å². The Balaban J connectivity index is 2.12. The van der Waals surface area contributed by atoms with Gasteiger partial charge in [0.2, 0.25) is 11.8 Å². The van der Waals surface area contributed by atoms with Gasteiger partial charge >= 0.3 is 11.9 Å². The second kappa shape index (κ2) is 12.8. The molecule has 0 aromatic heterocycles. The lowest BCUT2D eigenvalue weighted by Gasteiger charge is -2.14. The van der Waals surface area contributed by atoms with E-state index in [1.165, 1.54) is 14.2 Å². The van der Waals surface area contributed by atoms with E-state index in [1.54, 1.807) is 36.4 Å². The predicted molar refractivity (Wildman–Crippen MR) is 125 cm³/mol. The normalized spacial score (nSPS) is 10.3. The van der Waals surface area contributed by atoms with E-state index in [2.05, 4.69) is 10.6 Å². The monoisotopic (exact) mass is 472 g/mol. The summed E-state index contributed by atoms with van der Waals surface area (Å²) >= 11 is 0. The Kier molecular flexibility index (Phi) is 9.88. The topological polar surface area (TPSA) is 151 Å². The molecule has 0 heterocycles. The molecule has 0 fully saturated rings. The van der Waals surface area contributed by atoms with E-state index in [1.807, 2.05) is 0 Å². The van der Waals surface area contributed by atoms with E-state index in [9.17, 15) is 19.2 Å². The summed E-state index contributed by atoms with van der Waals surface area (Å²) in [5.41, 5.74) is 2.48. The van der Waals surface area contributed by atoms with Crippen LogP contribution >= 0.6 is 0 Å². The van der Waals surface area contributed by atoms with Crippen LogP contribution in [0.25, 0.3) is 11.1 Å². The molecule has 10 nitrogen and oxygen atoms in total. The minimum Gasteiger partial charge on any atom is -0.495 e. The first kappa shape index (κ1) is 26.2. The Labute approximate surface area is 196 Å². The maximum absolute atomic E-state index is 12.1. The lowest BCUT2D eigenvalue weighted by molar-refractivity contribution is -0.138. The standard InChI is InChI=1S/C24H28N2O8/c1-33-19-13-15(9-11-17(19)25-21(27)5-3-7-23(29)30)16-10-12-18(20(14-16)34-2)26-22(28)6-4-8-24(31)32/h9-14H,3-8H2,1-2H3,(H,25,27)(H,26,28)(H,29,30)(H,31,32). The summed E-state index contributed by atoms with van der Waals surface area (Å²) in [6, 6.07) is 10.4. The van der Waals surface area contributed by atoms with Gasteiger partial charge in [-0.05, 0) is 48.2 Å². The van der Waals surface area contributed by atoms with E-state index in [4.69, 9.17) is 19.7 Å². The molecular formula is C24H28N2O8. The number of carbonyl (C=O) groups excluding carboxylic acids is 2. The van der Waals surface area contributed by atoms with E-state index in [0.717, 1.165) is 11.1 Å². The number of benzene rings is 2. The number of carboxylic acids is 2. The van der Waals surface area contributed by atoms with Crippen molar-refractivity contribution in [2.75, 3.05) is 24.9 Å². The molecule has 2 aromatic carbocycles. The molecule has 0 aliphatic rings. The molecule has 0 bridgehead atoms. The third-order valence-electron chi connectivity index (χ3n) is 4.87. The SMILES string of the molecule is COc1cc(-c2ccc(NC(=O)CCCC(=O)O)c(OC)c2)ccc1NC(=O)CCCC(=O)O. The molecule has 10 heteroatoms. The molecule has 0 spiro atoms. The number of ether oxygens (including phenoxy) is 2. The lowest BCUT2D eigenvalue weighted by atomic mass is 10.0. The maximum Gasteiger partial charge on any atom is 0.303 e. The van der Waals surface area contributed by atoms with Gasteiger partial charge in [0.05, 0.1) is 25.6 Å². The van der Waals surface area contributed by atoms with Gasteiger partial charge in [-0.3, -0.25) is 19.2 Å². The minimum absolute atomic E-state index is 0.0793. The molecule has 182 valence electrons. The molecular weight excluding hydrogens is 444 g/mol. The molecule has 2 aromatic rings. The van der Waals surface area contributed by atoms with E-state index >= 15 is 0 Å². The summed E-state index contributed by atoms with van der Waals surface area (Å²) in [7, 11) is 2.95. The molecule has 0 aliphatic carbocycles. The van der Waals surface area contributed by atoms with Crippen LogP contribution in [0.5, 0.6) is 11.5 Å². The summed E-state index contributed by atoms with van der Waals surface area (Å²) in [5.74, 6) is -1.66. The number of amides is 2. The van der Waals surface area contributed by atoms with Crippen LogP contribution in [0.3, 0.4) is 0 Å². The molecule has 4 N–H and O–H groups in total. The highest BCUT2D eigenvalue weighted by Gasteiger charge is 2.13. The highest BCUT2D eigenvalue weighted by Crippen LogP contribution is 2.35. The van der Waals surface area contributed by atoms with Crippen molar-refractivity contribution in [3.8, 4) is 22.6 Å². The number of hydrogen-bond acceptors (Lipinski definition) is 6. The van der Waals surface area contributed by atoms with E-state index < -0.39 is 11.9 Å². The number of aliphatic carboxylic acids is 2. The molecule has 2 rings (SSSR count). The highest BCUT2D eigenvalue weighted by atomic mass is 16.5. The third-order valence-corrected chi connectivity index (χ3v) is 4.87. The van der Waals surface area contributed by atoms with Crippen molar-refractivity contribution in [3.05, 3.63) is 36.4 Å². The second-order valence-corrected chi connectivity index (χ2v) is 7.42. The van der Waals surface area contributed by atoms with Gasteiger partial charge in [0.25, 0.3) is 0 Å². The van der Waals surface area contributed by atoms with Crippen LogP contribution in [-0.4, -0.2) is 48.2 Å². The van der Waals surface area contributed by atoms with Crippen LogP contribution < -0.4 is 20.1 Å². The van der Waals surface area contributed by atoms with Crippen molar-refractivity contribution >= 4 is 35.1 Å². The molecule has 0 saturated heterocycles. The Hall–Kier alpha value is -4.08. The van der Waals surface area contributed by atoms with Crippen molar-refractivity contribution in [3.63, 3.8) is 0 Å². The smallest absolute Gasteiger partial charge is 0.303 e. The number of carbonyl (C=O) groups is 4. The van der Waals surface area contributed by atoms with Gasteiger partial charge in [-0.25, -0.2) is 0 Å². The van der Waals surface area contributed by atoms with Crippen molar-refractivity contribution in [1.82, 2.24) is 0 Å². The average molecular weight is 472 g/mol. The largest absolute Gasteiger partial charge is 0.495 e. The minimum atomic E-state index is -0.950. The number of nitrogens with one attached hydrogen (secondary N) is 2. The van der Waals surface area contributed by atoms with Crippen LogP contribution in [-0.2, 0) is 19.2 Å². The maximum atomic E-state index is 12.1. The van der Waals surface area contributed by atoms with Crippen LogP contribution in [0.1, 0.15) is 38.5 Å². The van der Waals surface area contributed by atoms with Gasteiger partial charge in [0, 0.05) is 25.7 Å². The summed E-state index contributed by atoms with van der Waals surface area (Å²) in [6.07, 6.45) is 0.484. The number of carboxylic acid groups (broad SMARTS) is 2. The summed E-state index contributed by atoms with van der Waals surface area (Å²) < 4.78 is 10.8. The van der Waals surface area contributed by atoms with Gasteiger partial charge < -0.3 is 30.3 Å². The van der Waals surface area contributed by atoms with Crippen molar-refractivity contribution in [1.29, 1.82) is 0 Å². The van der Waals surface area contributed by atoms with Crippen LogP contribution in [0.15, 0.2) is 36.4 Å². The highest BCUT2D eigenvalue weighted by molar-refractivity contribution is 5.94. The van der Waals surface area contributed by atoms with Gasteiger partial charge in [-0.1, -0.05) is 12.1 Å². The lowest BCUT2D eigenvalue weighted by Crippen LogP contribution is -2.13. The Morgan fingerprint density at radius 2 is 1.06 bits per heavy atom. The molecule has 34 heavy (non-hydrogen) atoms. The van der Waals surface area contributed by atoms with Crippen LogP contribution in [0, 0.1) is 0 Å². The molecule has 0 saturated carbocycles. The number of methoxy groups -OCH3 is 2. The fraction of sp³-hybridized carbons (Fsp3) is 0.333. The fourth-order valence-electron chi connectivity index (χ4n) is 3.17. The predicted octanol–water partition coefficient (Wildman–Crippen LogP) is 3.76. The Bertz CT molecular complexity index is 968. The second-order valence-electron chi connectivity index (χ2n) is 7.42. The van der Waals surface area contributed by atoms with Crippen LogP contribution in [0.4, 0.5) is 11.4 Å². The molecule has 0 radical (unpaired) electrons. The fourth-order valence-corrected chi connectivity index (χ4v) is 3.17. The van der Waals surface area contributed by atoms with Gasteiger partial charge in [0.1, 0.15) is 11.5 Å². The van der Waals surface area contributed by atoms with Gasteiger partial charge in [-0.15, -0.1) is 0 Å². The zero-order valence-corrected chi connectivity index (χ0v) is 19.1. The van der Waals surface area contributed by atoms with Crippen LogP contribution in [0.2, 0.25) is 0 Å². The average Bonchev–Trinajstić information content (AvgIpc) is 2.79. The number of anilines is 2.